The molecule has 1 N–H and O–H groups in total. The van der Waals surface area contributed by atoms with Crippen LogP contribution in [0.4, 0.5) is 0 Å². The van der Waals surface area contributed by atoms with Crippen molar-refractivity contribution in [3.8, 4) is 5.75 Å². The lowest BCUT2D eigenvalue weighted by molar-refractivity contribution is -0.123. The van der Waals surface area contributed by atoms with Gasteiger partial charge in [0.2, 0.25) is 0 Å². The van der Waals surface area contributed by atoms with Crippen molar-refractivity contribution in [3.05, 3.63) is 57.5 Å². The summed E-state index contributed by atoms with van der Waals surface area (Å²) < 4.78 is 12.5. The number of fused-ring (bicyclic) bond motifs is 1. The highest BCUT2D eigenvalue weighted by Gasteiger charge is 2.13. The quantitative estimate of drug-likeness (QED) is 0.651. The van der Waals surface area contributed by atoms with Crippen LogP contribution in [0.3, 0.4) is 0 Å². The number of pyridine rings is 1. The monoisotopic (exact) mass is 438 g/mol. The fourth-order valence-corrected chi connectivity index (χ4v) is 3.46. The van der Waals surface area contributed by atoms with E-state index in [0.29, 0.717) is 23.6 Å². The number of hydrogen-bond acceptors (Lipinski definition) is 4. The molecule has 0 fully saturated rings. The zero-order valence-electron chi connectivity index (χ0n) is 11.9. The maximum atomic E-state index is 11.9. The minimum absolute atomic E-state index is 0.105. The van der Waals surface area contributed by atoms with Crippen LogP contribution >= 0.6 is 31.9 Å². The molecule has 3 rings (SSSR count). The average molecular weight is 440 g/mol. The Morgan fingerprint density at radius 2 is 2.13 bits per heavy atom. The minimum atomic E-state index is -0.236. The van der Waals surface area contributed by atoms with Gasteiger partial charge in [0, 0.05) is 16.1 Å². The van der Waals surface area contributed by atoms with Crippen molar-refractivity contribution in [2.45, 2.75) is 6.54 Å². The van der Waals surface area contributed by atoms with Gasteiger partial charge in [0.1, 0.15) is 11.3 Å². The molecule has 0 atom stereocenters. The highest BCUT2D eigenvalue weighted by molar-refractivity contribution is 9.11. The van der Waals surface area contributed by atoms with Crippen LogP contribution in [-0.2, 0) is 11.3 Å². The number of nitrogens with one attached hydrogen (secondary N) is 1. The van der Waals surface area contributed by atoms with E-state index in [0.717, 1.165) is 14.3 Å². The number of benzene rings is 1. The maximum Gasteiger partial charge on any atom is 0.258 e. The zero-order valence-corrected chi connectivity index (χ0v) is 15.1. The van der Waals surface area contributed by atoms with Crippen molar-refractivity contribution in [3.63, 3.8) is 0 Å². The van der Waals surface area contributed by atoms with Gasteiger partial charge in [-0.1, -0.05) is 22.0 Å². The SMILES string of the molecule is O=C(COc1c(Br)cc(Br)c2cccnc12)NCc1ccco1. The third-order valence-corrected chi connectivity index (χ3v) is 4.38. The number of carbonyl (C=O) groups excluding carboxylic acids is 1. The minimum Gasteiger partial charge on any atom is -0.480 e. The lowest BCUT2D eigenvalue weighted by atomic mass is 10.2. The first-order valence-electron chi connectivity index (χ1n) is 6.80. The Labute approximate surface area is 149 Å². The molecule has 0 aliphatic carbocycles. The van der Waals surface area contributed by atoms with Gasteiger partial charge in [0.25, 0.3) is 5.91 Å². The van der Waals surface area contributed by atoms with Crippen LogP contribution in [0.25, 0.3) is 10.9 Å². The number of nitrogens with zero attached hydrogens (tertiary/aromatic N) is 1. The van der Waals surface area contributed by atoms with Gasteiger partial charge in [-0.05, 0) is 40.2 Å². The highest BCUT2D eigenvalue weighted by atomic mass is 79.9. The lowest BCUT2D eigenvalue weighted by Crippen LogP contribution is -2.28. The molecule has 0 spiro atoms. The van der Waals surface area contributed by atoms with E-state index in [1.165, 1.54) is 0 Å². The van der Waals surface area contributed by atoms with Gasteiger partial charge < -0.3 is 14.5 Å². The lowest BCUT2D eigenvalue weighted by Gasteiger charge is -2.12. The summed E-state index contributed by atoms with van der Waals surface area (Å²) in [5.74, 6) is 0.993. The van der Waals surface area contributed by atoms with Gasteiger partial charge in [-0.3, -0.25) is 9.78 Å². The second-order valence-electron chi connectivity index (χ2n) is 4.71. The Balaban J connectivity index is 1.70. The van der Waals surface area contributed by atoms with Crippen molar-refractivity contribution in [1.29, 1.82) is 0 Å². The molecule has 1 amide bonds. The number of furan rings is 1. The normalized spacial score (nSPS) is 10.7. The van der Waals surface area contributed by atoms with E-state index in [4.69, 9.17) is 9.15 Å². The van der Waals surface area contributed by atoms with E-state index in [-0.39, 0.29) is 12.5 Å². The molecule has 1 aromatic carbocycles. The molecule has 5 nitrogen and oxygen atoms in total. The summed E-state index contributed by atoms with van der Waals surface area (Å²) in [4.78, 5) is 16.2. The molecule has 2 aromatic heterocycles. The number of halogens is 2. The molecule has 0 aliphatic heterocycles. The molecule has 0 radical (unpaired) electrons. The molecule has 3 aromatic rings. The van der Waals surface area contributed by atoms with Crippen LogP contribution in [0.1, 0.15) is 5.76 Å². The van der Waals surface area contributed by atoms with Crippen molar-refractivity contribution in [2.75, 3.05) is 6.61 Å². The Morgan fingerprint density at radius 1 is 1.26 bits per heavy atom. The van der Waals surface area contributed by atoms with Gasteiger partial charge in [-0.25, -0.2) is 0 Å². The van der Waals surface area contributed by atoms with Gasteiger partial charge >= 0.3 is 0 Å². The van der Waals surface area contributed by atoms with Crippen molar-refractivity contribution >= 4 is 48.7 Å². The first-order valence-corrected chi connectivity index (χ1v) is 8.38. The molecule has 0 aliphatic rings. The number of ether oxygens (including phenoxy) is 1. The summed E-state index contributed by atoms with van der Waals surface area (Å²) in [6.45, 7) is 0.225. The summed E-state index contributed by atoms with van der Waals surface area (Å²) in [5, 5.41) is 3.65. The van der Waals surface area contributed by atoms with Gasteiger partial charge in [0.05, 0.1) is 17.3 Å². The largest absolute Gasteiger partial charge is 0.480 e. The van der Waals surface area contributed by atoms with Crippen molar-refractivity contribution in [1.82, 2.24) is 10.3 Å². The Morgan fingerprint density at radius 3 is 2.91 bits per heavy atom. The predicted molar refractivity (Wildman–Crippen MR) is 93.2 cm³/mol. The molecule has 7 heteroatoms. The third kappa shape index (κ3) is 3.73. The second kappa shape index (κ2) is 7.14. The molecule has 0 saturated heterocycles. The molecule has 0 unspecified atom stereocenters. The van der Waals surface area contributed by atoms with Crippen LogP contribution in [0.2, 0.25) is 0 Å². The Kier molecular flexibility index (Phi) is 4.97. The number of aromatic nitrogens is 1. The fourth-order valence-electron chi connectivity index (χ4n) is 2.07. The molecule has 0 bridgehead atoms. The smallest absolute Gasteiger partial charge is 0.258 e. The van der Waals surface area contributed by atoms with Crippen LogP contribution in [-0.4, -0.2) is 17.5 Å². The average Bonchev–Trinajstić information content (AvgIpc) is 3.06. The van der Waals surface area contributed by atoms with E-state index in [2.05, 4.69) is 42.2 Å². The molecule has 23 heavy (non-hydrogen) atoms. The van der Waals surface area contributed by atoms with E-state index < -0.39 is 0 Å². The number of rotatable bonds is 5. The summed E-state index contributed by atoms with van der Waals surface area (Å²) in [6.07, 6.45) is 3.25. The Hall–Kier alpha value is -1.86. The van der Waals surface area contributed by atoms with Crippen LogP contribution in [0, 0.1) is 0 Å². The molecule has 118 valence electrons. The summed E-state index contributed by atoms with van der Waals surface area (Å²) in [7, 11) is 0. The van der Waals surface area contributed by atoms with Gasteiger partial charge in [-0.15, -0.1) is 0 Å². The van der Waals surface area contributed by atoms with Gasteiger partial charge in [-0.2, -0.15) is 0 Å². The Bertz CT molecular complexity index is 835. The molecular weight excluding hydrogens is 428 g/mol. The number of amides is 1. The van der Waals surface area contributed by atoms with Crippen LogP contribution in [0.5, 0.6) is 5.75 Å². The third-order valence-electron chi connectivity index (χ3n) is 3.14. The van der Waals surface area contributed by atoms with E-state index in [1.54, 1.807) is 24.6 Å². The molecule has 0 saturated carbocycles. The first-order chi connectivity index (χ1) is 11.1. The highest BCUT2D eigenvalue weighted by Crippen LogP contribution is 2.37. The standard InChI is InChI=1S/C16H12Br2N2O3/c17-12-7-13(18)16(15-11(12)4-1-5-19-15)23-9-14(21)20-8-10-3-2-6-22-10/h1-7H,8-9H2,(H,20,21). The topological polar surface area (TPSA) is 64.4 Å². The maximum absolute atomic E-state index is 11.9. The first kappa shape index (κ1) is 16.0. The molecule has 2 heterocycles. The van der Waals surface area contributed by atoms with Crippen molar-refractivity contribution in [2.24, 2.45) is 0 Å². The summed E-state index contributed by atoms with van der Waals surface area (Å²) in [6, 6.07) is 9.22. The fraction of sp³-hybridized carbons (Fsp3) is 0.125. The second-order valence-corrected chi connectivity index (χ2v) is 6.42. The van der Waals surface area contributed by atoms with E-state index in [1.807, 2.05) is 18.2 Å². The predicted octanol–water partition coefficient (Wildman–Crippen LogP) is 4.05. The molecular formula is C16H12Br2N2O3. The number of hydrogen-bond donors (Lipinski definition) is 1. The van der Waals surface area contributed by atoms with Crippen LogP contribution < -0.4 is 10.1 Å². The van der Waals surface area contributed by atoms with E-state index in [9.17, 15) is 4.79 Å². The summed E-state index contributed by atoms with van der Waals surface area (Å²) in [5.41, 5.74) is 0.688. The van der Waals surface area contributed by atoms with Crippen molar-refractivity contribution < 1.29 is 13.9 Å². The van der Waals surface area contributed by atoms with Gasteiger partial charge in [0.15, 0.2) is 12.4 Å². The number of carbonyl (C=O) groups is 1. The van der Waals surface area contributed by atoms with E-state index >= 15 is 0 Å². The zero-order chi connectivity index (χ0) is 16.2. The summed E-state index contributed by atoms with van der Waals surface area (Å²) >= 11 is 6.94. The van der Waals surface area contributed by atoms with Crippen LogP contribution in [0.15, 0.2) is 56.2 Å².